The van der Waals surface area contributed by atoms with Gasteiger partial charge in [-0.15, -0.1) is 11.3 Å². The average molecular weight is 310 g/mol. The van der Waals surface area contributed by atoms with Crippen molar-refractivity contribution in [3.8, 4) is 0 Å². The molecule has 0 radical (unpaired) electrons. The summed E-state index contributed by atoms with van der Waals surface area (Å²) in [7, 11) is 3.15. The van der Waals surface area contributed by atoms with Gasteiger partial charge in [-0.1, -0.05) is 0 Å². The van der Waals surface area contributed by atoms with Gasteiger partial charge in [-0.3, -0.25) is 0 Å². The first kappa shape index (κ1) is 14.7. The predicted molar refractivity (Wildman–Crippen MR) is 84.2 cm³/mol. The molecule has 2 heterocycles. The van der Waals surface area contributed by atoms with Crippen molar-refractivity contribution in [3.05, 3.63) is 10.4 Å². The third-order valence-electron chi connectivity index (χ3n) is 4.30. The molecule has 1 atom stereocenters. The molecular weight excluding hydrogens is 288 g/mol. The van der Waals surface area contributed by atoms with E-state index in [0.29, 0.717) is 22.4 Å². The van der Waals surface area contributed by atoms with E-state index in [-0.39, 0.29) is 5.97 Å². The fourth-order valence-corrected chi connectivity index (χ4v) is 4.34. The Bertz CT molecular complexity index is 539. The van der Waals surface area contributed by atoms with Gasteiger partial charge in [-0.05, 0) is 25.2 Å². The molecule has 21 heavy (non-hydrogen) atoms. The van der Waals surface area contributed by atoms with Gasteiger partial charge in [0.05, 0.1) is 24.4 Å². The monoisotopic (exact) mass is 310 g/mol. The zero-order valence-corrected chi connectivity index (χ0v) is 13.4. The molecule has 2 aliphatic rings. The molecule has 1 saturated carbocycles. The van der Waals surface area contributed by atoms with Crippen LogP contribution < -0.4 is 10.6 Å². The molecule has 0 bridgehead atoms. The topological polar surface area (TPSA) is 64.8 Å². The van der Waals surface area contributed by atoms with Crippen LogP contribution in [0.2, 0.25) is 0 Å². The van der Waals surface area contributed by atoms with Crippen LogP contribution in [-0.2, 0) is 9.47 Å². The number of methoxy groups -OCH3 is 2. The first-order valence-electron chi connectivity index (χ1n) is 7.40. The third kappa shape index (κ3) is 2.74. The standard InChI is InChI=1S/C15H22N2O3S/c1-19-8-9-5-6-17(7-9)14-11(10-3-4-10)12(16)13(21-14)15(18)20-2/h9-10H,3-8,16H2,1-2H3. The van der Waals surface area contributed by atoms with Crippen LogP contribution in [0.4, 0.5) is 10.7 Å². The summed E-state index contributed by atoms with van der Waals surface area (Å²) in [4.78, 5) is 14.8. The van der Waals surface area contributed by atoms with Crippen molar-refractivity contribution >= 4 is 28.0 Å². The number of hydrogen-bond donors (Lipinski definition) is 1. The summed E-state index contributed by atoms with van der Waals surface area (Å²) in [5, 5.41) is 1.18. The normalized spacial score (nSPS) is 21.8. The van der Waals surface area contributed by atoms with E-state index >= 15 is 0 Å². The maximum atomic E-state index is 11.9. The molecule has 0 spiro atoms. The summed E-state index contributed by atoms with van der Waals surface area (Å²) in [6, 6.07) is 0. The van der Waals surface area contributed by atoms with E-state index in [1.807, 2.05) is 0 Å². The van der Waals surface area contributed by atoms with Crippen molar-refractivity contribution in [2.24, 2.45) is 5.92 Å². The van der Waals surface area contributed by atoms with E-state index in [4.69, 9.17) is 15.2 Å². The molecule has 0 aromatic carbocycles. The van der Waals surface area contributed by atoms with Gasteiger partial charge in [0.2, 0.25) is 0 Å². The lowest BCUT2D eigenvalue weighted by Crippen LogP contribution is -2.21. The highest BCUT2D eigenvalue weighted by molar-refractivity contribution is 7.18. The molecule has 5 nitrogen and oxygen atoms in total. The molecule has 2 N–H and O–H groups in total. The number of nitrogen functional groups attached to an aromatic ring is 1. The fourth-order valence-electron chi connectivity index (χ4n) is 3.08. The minimum absolute atomic E-state index is 0.321. The second-order valence-electron chi connectivity index (χ2n) is 5.89. The van der Waals surface area contributed by atoms with Crippen LogP contribution in [0, 0.1) is 5.92 Å². The van der Waals surface area contributed by atoms with E-state index in [9.17, 15) is 4.79 Å². The molecule has 1 aliphatic heterocycles. The highest BCUT2D eigenvalue weighted by Crippen LogP contribution is 2.52. The molecule has 1 unspecified atom stereocenters. The summed E-state index contributed by atoms with van der Waals surface area (Å²) >= 11 is 1.49. The van der Waals surface area contributed by atoms with Crippen LogP contribution >= 0.6 is 11.3 Å². The van der Waals surface area contributed by atoms with Gasteiger partial charge in [0.15, 0.2) is 0 Å². The van der Waals surface area contributed by atoms with E-state index in [1.165, 1.54) is 41.9 Å². The van der Waals surface area contributed by atoms with E-state index < -0.39 is 0 Å². The van der Waals surface area contributed by atoms with Gasteiger partial charge < -0.3 is 20.1 Å². The smallest absolute Gasteiger partial charge is 0.350 e. The number of esters is 1. The number of carbonyl (C=O) groups excluding carboxylic acids is 1. The molecule has 1 aromatic heterocycles. The van der Waals surface area contributed by atoms with Crippen LogP contribution in [-0.4, -0.2) is 39.9 Å². The number of ether oxygens (including phenoxy) is 2. The first-order valence-corrected chi connectivity index (χ1v) is 8.21. The summed E-state index contributed by atoms with van der Waals surface area (Å²) in [5.74, 6) is 0.765. The molecule has 1 aliphatic carbocycles. The van der Waals surface area contributed by atoms with Crippen LogP contribution in [0.1, 0.15) is 40.4 Å². The summed E-state index contributed by atoms with van der Waals surface area (Å²) in [5.41, 5.74) is 8.06. The molecule has 6 heteroatoms. The van der Waals surface area contributed by atoms with Gasteiger partial charge in [0.1, 0.15) is 4.88 Å². The number of thiophene rings is 1. The third-order valence-corrected chi connectivity index (χ3v) is 5.56. The van der Waals surface area contributed by atoms with Crippen LogP contribution in [0.15, 0.2) is 0 Å². The molecule has 2 fully saturated rings. The number of nitrogens with two attached hydrogens (primary N) is 1. The quantitative estimate of drug-likeness (QED) is 0.846. The van der Waals surface area contributed by atoms with E-state index in [1.54, 1.807) is 7.11 Å². The fraction of sp³-hybridized carbons (Fsp3) is 0.667. The lowest BCUT2D eigenvalue weighted by molar-refractivity contribution is 0.0607. The van der Waals surface area contributed by atoms with Crippen molar-refractivity contribution in [3.63, 3.8) is 0 Å². The molecule has 1 saturated heterocycles. The van der Waals surface area contributed by atoms with E-state index in [0.717, 1.165) is 26.1 Å². The molecule has 116 valence electrons. The van der Waals surface area contributed by atoms with Crippen molar-refractivity contribution < 1.29 is 14.3 Å². The Morgan fingerprint density at radius 1 is 1.38 bits per heavy atom. The van der Waals surface area contributed by atoms with Gasteiger partial charge in [0, 0.05) is 31.7 Å². The van der Waals surface area contributed by atoms with Crippen molar-refractivity contribution in [2.75, 3.05) is 44.5 Å². The minimum atomic E-state index is -0.321. The van der Waals surface area contributed by atoms with Gasteiger partial charge in [-0.25, -0.2) is 4.79 Å². The summed E-state index contributed by atoms with van der Waals surface area (Å²) in [6.45, 7) is 2.78. The second-order valence-corrected chi connectivity index (χ2v) is 6.88. The highest BCUT2D eigenvalue weighted by Gasteiger charge is 2.36. The van der Waals surface area contributed by atoms with Gasteiger partial charge >= 0.3 is 5.97 Å². The number of anilines is 2. The van der Waals surface area contributed by atoms with Crippen molar-refractivity contribution in [1.29, 1.82) is 0 Å². The Morgan fingerprint density at radius 3 is 2.76 bits per heavy atom. The van der Waals surface area contributed by atoms with Crippen LogP contribution in [0.25, 0.3) is 0 Å². The molecule has 3 rings (SSSR count). The van der Waals surface area contributed by atoms with Crippen molar-refractivity contribution in [1.82, 2.24) is 0 Å². The van der Waals surface area contributed by atoms with Crippen LogP contribution in [0.5, 0.6) is 0 Å². The van der Waals surface area contributed by atoms with Gasteiger partial charge in [0.25, 0.3) is 0 Å². The Labute approximate surface area is 129 Å². The van der Waals surface area contributed by atoms with E-state index in [2.05, 4.69) is 4.90 Å². The Morgan fingerprint density at radius 2 is 2.14 bits per heavy atom. The Kier molecular flexibility index (Phi) is 4.08. The summed E-state index contributed by atoms with van der Waals surface area (Å²) in [6.07, 6.45) is 3.47. The minimum Gasteiger partial charge on any atom is -0.465 e. The highest BCUT2D eigenvalue weighted by atomic mass is 32.1. The van der Waals surface area contributed by atoms with Crippen LogP contribution in [0.3, 0.4) is 0 Å². The predicted octanol–water partition coefficient (Wildman–Crippen LogP) is 2.47. The first-order chi connectivity index (χ1) is 10.2. The Balaban J connectivity index is 1.89. The zero-order chi connectivity index (χ0) is 15.0. The lowest BCUT2D eigenvalue weighted by atomic mass is 10.1. The number of carbonyl (C=O) groups is 1. The zero-order valence-electron chi connectivity index (χ0n) is 12.6. The number of nitrogens with zero attached hydrogens (tertiary/aromatic N) is 1. The number of hydrogen-bond acceptors (Lipinski definition) is 6. The second kappa shape index (κ2) is 5.85. The number of rotatable bonds is 5. The summed E-state index contributed by atoms with van der Waals surface area (Å²) < 4.78 is 10.1. The molecule has 1 aromatic rings. The SMILES string of the molecule is COCC1CCN(c2sc(C(=O)OC)c(N)c2C2CC2)C1. The maximum absolute atomic E-state index is 11.9. The maximum Gasteiger partial charge on any atom is 0.350 e. The Hall–Kier alpha value is -1.27. The molecular formula is C15H22N2O3S. The average Bonchev–Trinajstić information content (AvgIpc) is 3.11. The molecule has 0 amide bonds. The largest absolute Gasteiger partial charge is 0.465 e. The lowest BCUT2D eigenvalue weighted by Gasteiger charge is -2.18. The van der Waals surface area contributed by atoms with Crippen molar-refractivity contribution in [2.45, 2.75) is 25.2 Å². The van der Waals surface area contributed by atoms with Gasteiger partial charge in [-0.2, -0.15) is 0 Å².